The van der Waals surface area contributed by atoms with Gasteiger partial charge in [0, 0.05) is 36.6 Å². The summed E-state index contributed by atoms with van der Waals surface area (Å²) in [5.41, 5.74) is 9.24. The van der Waals surface area contributed by atoms with Gasteiger partial charge in [0.15, 0.2) is 5.71 Å². The molecule has 0 fully saturated rings. The summed E-state index contributed by atoms with van der Waals surface area (Å²) >= 11 is 0. The number of hydrazone groups is 1. The average Bonchev–Trinajstić information content (AvgIpc) is 3.13. The van der Waals surface area contributed by atoms with Crippen LogP contribution in [0.1, 0.15) is 27.0 Å². The van der Waals surface area contributed by atoms with Crippen LogP contribution in [0.5, 0.6) is 0 Å². The van der Waals surface area contributed by atoms with E-state index in [1.807, 2.05) is 24.3 Å². The number of carbonyl (C=O) groups is 2. The van der Waals surface area contributed by atoms with Gasteiger partial charge >= 0.3 is 0 Å². The third kappa shape index (κ3) is 3.49. The molecule has 0 radical (unpaired) electrons. The van der Waals surface area contributed by atoms with Crippen molar-refractivity contribution in [3.63, 3.8) is 0 Å². The lowest BCUT2D eigenvalue weighted by molar-refractivity contribution is -0.110. The van der Waals surface area contributed by atoms with Crippen molar-refractivity contribution in [1.82, 2.24) is 15.3 Å². The molecular weight excluding hydrogens is 390 g/mol. The molecule has 2 amide bonds. The Hall–Kier alpha value is -3.84. The zero-order valence-electron chi connectivity index (χ0n) is 17.1. The first-order chi connectivity index (χ1) is 15.1. The van der Waals surface area contributed by atoms with Crippen molar-refractivity contribution in [2.24, 2.45) is 5.10 Å². The second kappa shape index (κ2) is 7.77. The molecule has 0 atom stereocenters. The smallest absolute Gasteiger partial charge is 0.276 e. The normalized spacial score (nSPS) is 16.5. The summed E-state index contributed by atoms with van der Waals surface area (Å²) in [5, 5.41) is 7.18. The van der Waals surface area contributed by atoms with Gasteiger partial charge in [0.2, 0.25) is 0 Å². The first kappa shape index (κ1) is 19.1. The largest absolute Gasteiger partial charge is 0.320 e. The minimum Gasteiger partial charge on any atom is -0.320 e. The maximum Gasteiger partial charge on any atom is 0.276 e. The lowest BCUT2D eigenvalue weighted by Crippen LogP contribution is -2.27. The van der Waals surface area contributed by atoms with Crippen LogP contribution in [-0.4, -0.2) is 41.0 Å². The predicted octanol–water partition coefficient (Wildman–Crippen LogP) is 2.82. The highest BCUT2D eigenvalue weighted by Crippen LogP contribution is 2.39. The van der Waals surface area contributed by atoms with Gasteiger partial charge in [-0.25, -0.2) is 5.43 Å². The highest BCUT2D eigenvalue weighted by atomic mass is 16.2. The van der Waals surface area contributed by atoms with Crippen molar-refractivity contribution >= 4 is 23.2 Å². The zero-order chi connectivity index (χ0) is 21.4. The molecule has 0 aliphatic carbocycles. The van der Waals surface area contributed by atoms with Gasteiger partial charge in [-0.15, -0.1) is 0 Å². The molecule has 3 heterocycles. The second-order valence-corrected chi connectivity index (χ2v) is 7.75. The third-order valence-electron chi connectivity index (χ3n) is 5.73. The molecule has 7 nitrogen and oxygen atoms in total. The van der Waals surface area contributed by atoms with E-state index in [-0.39, 0.29) is 11.6 Å². The van der Waals surface area contributed by atoms with E-state index in [4.69, 9.17) is 0 Å². The Morgan fingerprint density at radius 1 is 1.10 bits per heavy atom. The number of rotatable bonds is 3. The van der Waals surface area contributed by atoms with Crippen LogP contribution in [0.3, 0.4) is 0 Å². The summed E-state index contributed by atoms with van der Waals surface area (Å²) in [7, 11) is 2.07. The van der Waals surface area contributed by atoms with E-state index in [9.17, 15) is 9.59 Å². The Morgan fingerprint density at radius 2 is 1.87 bits per heavy atom. The quantitative estimate of drug-likeness (QED) is 0.649. The highest BCUT2D eigenvalue weighted by molar-refractivity contribution is 6.54. The van der Waals surface area contributed by atoms with Crippen molar-refractivity contribution in [3.8, 4) is 11.1 Å². The standard InChI is InChI=1S/C24H21N5O2/c1-29-12-9-17-18(15-5-3-2-4-6-15)13-19-21(20(17)14-29)26-24(31)22(19)27-28-23(30)16-7-10-25-11-8-16/h2-8,10-11,13H,9,12,14H2,1H3,(H,28,30)(H,26,27,31). The molecule has 2 aliphatic rings. The molecule has 5 rings (SSSR count). The summed E-state index contributed by atoms with van der Waals surface area (Å²) < 4.78 is 0. The average molecular weight is 411 g/mol. The van der Waals surface area contributed by atoms with Crippen molar-refractivity contribution in [3.05, 3.63) is 83.2 Å². The second-order valence-electron chi connectivity index (χ2n) is 7.75. The monoisotopic (exact) mass is 411 g/mol. The number of nitrogens with one attached hydrogen (secondary N) is 2. The van der Waals surface area contributed by atoms with Crippen LogP contribution in [0, 0.1) is 0 Å². The number of aromatic nitrogens is 1. The van der Waals surface area contributed by atoms with Crippen molar-refractivity contribution < 1.29 is 9.59 Å². The van der Waals surface area contributed by atoms with Gasteiger partial charge in [0.05, 0.1) is 5.69 Å². The molecule has 0 unspecified atom stereocenters. The Balaban J connectivity index is 1.59. The molecule has 2 aliphatic heterocycles. The lowest BCUT2D eigenvalue weighted by atomic mass is 9.87. The van der Waals surface area contributed by atoms with Gasteiger partial charge in [-0.3, -0.25) is 14.6 Å². The molecule has 2 aromatic carbocycles. The number of nitrogens with zero attached hydrogens (tertiary/aromatic N) is 3. The van der Waals surface area contributed by atoms with E-state index < -0.39 is 5.91 Å². The number of hydrogen-bond acceptors (Lipinski definition) is 5. The van der Waals surface area contributed by atoms with E-state index >= 15 is 0 Å². The van der Waals surface area contributed by atoms with E-state index in [1.165, 1.54) is 18.0 Å². The van der Waals surface area contributed by atoms with Crippen molar-refractivity contribution in [1.29, 1.82) is 0 Å². The number of fused-ring (bicyclic) bond motifs is 3. The first-order valence-electron chi connectivity index (χ1n) is 10.1. The number of amides is 2. The molecule has 154 valence electrons. The molecule has 31 heavy (non-hydrogen) atoms. The van der Waals surface area contributed by atoms with Gasteiger partial charge in [-0.05, 0) is 53.9 Å². The molecule has 1 aromatic heterocycles. The minimum atomic E-state index is -0.392. The fourth-order valence-electron chi connectivity index (χ4n) is 4.18. The van der Waals surface area contributed by atoms with Gasteiger partial charge in [0.25, 0.3) is 11.8 Å². The highest BCUT2D eigenvalue weighted by Gasteiger charge is 2.33. The SMILES string of the molecule is CN1CCc2c(-c3ccccc3)cc3c(c2C1)NC(=O)/C3=N\NC(=O)c1ccncc1. The zero-order valence-corrected chi connectivity index (χ0v) is 17.1. The van der Waals surface area contributed by atoms with Crippen LogP contribution in [0.2, 0.25) is 0 Å². The fraction of sp³-hybridized carbons (Fsp3) is 0.167. The molecular formula is C24H21N5O2. The molecule has 0 saturated heterocycles. The van der Waals surface area contributed by atoms with Gasteiger partial charge in [-0.2, -0.15) is 5.10 Å². The van der Waals surface area contributed by atoms with Crippen LogP contribution in [0.25, 0.3) is 11.1 Å². The van der Waals surface area contributed by atoms with E-state index in [0.29, 0.717) is 11.1 Å². The van der Waals surface area contributed by atoms with E-state index in [0.717, 1.165) is 41.9 Å². The van der Waals surface area contributed by atoms with E-state index in [1.54, 1.807) is 12.1 Å². The van der Waals surface area contributed by atoms with Gasteiger partial charge < -0.3 is 10.2 Å². The lowest BCUT2D eigenvalue weighted by Gasteiger charge is -2.29. The molecule has 0 spiro atoms. The summed E-state index contributed by atoms with van der Waals surface area (Å²) in [5.74, 6) is -0.706. The summed E-state index contributed by atoms with van der Waals surface area (Å²) in [6.07, 6.45) is 3.98. The Bertz CT molecular complexity index is 1210. The number of benzene rings is 2. The van der Waals surface area contributed by atoms with Crippen LogP contribution >= 0.6 is 0 Å². The van der Waals surface area contributed by atoms with Crippen molar-refractivity contribution in [2.75, 3.05) is 18.9 Å². The number of anilines is 1. The maximum absolute atomic E-state index is 12.8. The Kier molecular flexibility index (Phi) is 4.80. The number of carbonyl (C=O) groups excluding carboxylic acids is 2. The van der Waals surface area contributed by atoms with Crippen LogP contribution in [0.15, 0.2) is 66.0 Å². The van der Waals surface area contributed by atoms with Gasteiger partial charge in [0.1, 0.15) is 0 Å². The summed E-state index contributed by atoms with van der Waals surface area (Å²) in [6.45, 7) is 1.71. The maximum atomic E-state index is 12.8. The van der Waals surface area contributed by atoms with Crippen LogP contribution in [-0.2, 0) is 17.8 Å². The molecule has 3 aromatic rings. The molecule has 0 bridgehead atoms. The van der Waals surface area contributed by atoms with Gasteiger partial charge in [-0.1, -0.05) is 30.3 Å². The predicted molar refractivity (Wildman–Crippen MR) is 119 cm³/mol. The first-order valence-corrected chi connectivity index (χ1v) is 10.1. The Labute approximate surface area is 179 Å². The molecule has 2 N–H and O–H groups in total. The fourth-order valence-corrected chi connectivity index (χ4v) is 4.18. The third-order valence-corrected chi connectivity index (χ3v) is 5.73. The number of pyridine rings is 1. The van der Waals surface area contributed by atoms with Crippen molar-refractivity contribution in [2.45, 2.75) is 13.0 Å². The topological polar surface area (TPSA) is 86.7 Å². The molecule has 7 heteroatoms. The number of hydrogen-bond donors (Lipinski definition) is 2. The number of likely N-dealkylation sites (N-methyl/N-ethyl adjacent to an activating group) is 1. The summed E-state index contributed by atoms with van der Waals surface area (Å²) in [6, 6.07) is 15.4. The summed E-state index contributed by atoms with van der Waals surface area (Å²) in [4.78, 5) is 31.3. The van der Waals surface area contributed by atoms with E-state index in [2.05, 4.69) is 44.9 Å². The van der Waals surface area contributed by atoms with Crippen LogP contribution in [0.4, 0.5) is 5.69 Å². The minimum absolute atomic E-state index is 0.214. The molecule has 0 saturated carbocycles. The van der Waals surface area contributed by atoms with Crippen LogP contribution < -0.4 is 10.7 Å². The Morgan fingerprint density at radius 3 is 2.65 bits per heavy atom.